The lowest BCUT2D eigenvalue weighted by Crippen LogP contribution is -2.20. The van der Waals surface area contributed by atoms with Crippen molar-refractivity contribution in [1.82, 2.24) is 0 Å². The lowest BCUT2D eigenvalue weighted by atomic mass is 10.2. The van der Waals surface area contributed by atoms with Crippen molar-refractivity contribution in [1.29, 1.82) is 0 Å². The molecule has 0 fully saturated rings. The highest BCUT2D eigenvalue weighted by molar-refractivity contribution is 9.10. The van der Waals surface area contributed by atoms with Gasteiger partial charge in [0.05, 0.1) is 17.8 Å². The third-order valence-corrected chi connectivity index (χ3v) is 3.45. The monoisotopic (exact) mass is 378 g/mol. The highest BCUT2D eigenvalue weighted by Crippen LogP contribution is 2.36. The first kappa shape index (κ1) is 16.8. The van der Waals surface area contributed by atoms with Gasteiger partial charge < -0.3 is 20.0 Å². The second-order valence-corrected chi connectivity index (χ2v) is 5.34. The molecule has 1 amide bonds. The molecule has 0 unspecified atom stereocenters. The summed E-state index contributed by atoms with van der Waals surface area (Å²) in [6, 6.07) is 12.4. The Hall–Kier alpha value is -2.54. The first-order valence-corrected chi connectivity index (χ1v) is 7.46. The number of oxime groups is 1. The van der Waals surface area contributed by atoms with Gasteiger partial charge in [0.2, 0.25) is 0 Å². The van der Waals surface area contributed by atoms with Crippen molar-refractivity contribution >= 4 is 33.7 Å². The van der Waals surface area contributed by atoms with E-state index in [2.05, 4.69) is 26.4 Å². The molecular weight excluding hydrogens is 364 g/mol. The van der Waals surface area contributed by atoms with Crippen molar-refractivity contribution < 1.29 is 19.5 Å². The summed E-state index contributed by atoms with van der Waals surface area (Å²) >= 11 is 3.35. The molecular formula is C16H15BrN2O4. The lowest BCUT2D eigenvalue weighted by molar-refractivity contribution is -0.118. The van der Waals surface area contributed by atoms with Crippen LogP contribution in [0.25, 0.3) is 0 Å². The molecule has 0 spiro atoms. The maximum atomic E-state index is 11.9. The van der Waals surface area contributed by atoms with Gasteiger partial charge in [-0.25, -0.2) is 0 Å². The van der Waals surface area contributed by atoms with Crippen LogP contribution >= 0.6 is 15.9 Å². The van der Waals surface area contributed by atoms with E-state index in [0.29, 0.717) is 27.2 Å². The van der Waals surface area contributed by atoms with Gasteiger partial charge in [0, 0.05) is 11.3 Å². The van der Waals surface area contributed by atoms with Gasteiger partial charge in [-0.05, 0) is 40.2 Å². The normalized spacial score (nSPS) is 10.5. The van der Waals surface area contributed by atoms with Crippen molar-refractivity contribution in [3.63, 3.8) is 0 Å². The first-order chi connectivity index (χ1) is 11.1. The van der Waals surface area contributed by atoms with E-state index >= 15 is 0 Å². The zero-order valence-electron chi connectivity index (χ0n) is 12.3. The average Bonchev–Trinajstić information content (AvgIpc) is 2.54. The molecule has 0 heterocycles. The number of hydrogen-bond donors (Lipinski definition) is 2. The minimum Gasteiger partial charge on any atom is -0.493 e. The molecule has 0 aliphatic carbocycles. The Morgan fingerprint density at radius 2 is 2.09 bits per heavy atom. The molecule has 0 aliphatic rings. The summed E-state index contributed by atoms with van der Waals surface area (Å²) in [6.07, 6.45) is 1.26. The van der Waals surface area contributed by atoms with E-state index in [9.17, 15) is 4.79 Å². The smallest absolute Gasteiger partial charge is 0.262 e. The second kappa shape index (κ2) is 8.19. The van der Waals surface area contributed by atoms with Crippen molar-refractivity contribution in [3.05, 3.63) is 52.5 Å². The summed E-state index contributed by atoms with van der Waals surface area (Å²) < 4.78 is 11.4. The van der Waals surface area contributed by atoms with Crippen molar-refractivity contribution in [2.24, 2.45) is 5.16 Å². The minimum absolute atomic E-state index is 0.169. The van der Waals surface area contributed by atoms with Gasteiger partial charge in [-0.15, -0.1) is 0 Å². The molecule has 0 atom stereocenters. The number of halogens is 1. The largest absolute Gasteiger partial charge is 0.493 e. The Balaban J connectivity index is 2.06. The number of ether oxygens (including phenoxy) is 2. The number of nitrogens with one attached hydrogen (secondary N) is 1. The second-order valence-electron chi connectivity index (χ2n) is 4.48. The molecule has 0 saturated carbocycles. The predicted octanol–water partition coefficient (Wildman–Crippen LogP) is 3.28. The zero-order valence-corrected chi connectivity index (χ0v) is 13.9. The Morgan fingerprint density at radius 1 is 1.35 bits per heavy atom. The number of rotatable bonds is 6. The number of amides is 1. The van der Waals surface area contributed by atoms with Gasteiger partial charge >= 0.3 is 0 Å². The molecule has 23 heavy (non-hydrogen) atoms. The van der Waals surface area contributed by atoms with Crippen LogP contribution in [0.5, 0.6) is 11.5 Å². The number of hydrogen-bond acceptors (Lipinski definition) is 5. The number of methoxy groups -OCH3 is 1. The van der Waals surface area contributed by atoms with E-state index < -0.39 is 0 Å². The standard InChI is InChI=1S/C16H15BrN2O4/c1-22-14-8-11(9-18-21)7-13(17)16(14)23-10-15(20)19-12-5-3-2-4-6-12/h2-9,21H,10H2,1H3,(H,19,20)/b18-9-. The molecule has 0 bridgehead atoms. The van der Waals surface area contributed by atoms with Gasteiger partial charge in [-0.2, -0.15) is 0 Å². The molecule has 2 aromatic carbocycles. The van der Waals surface area contributed by atoms with Crippen LogP contribution in [0.2, 0.25) is 0 Å². The Labute approximate surface area is 141 Å². The van der Waals surface area contributed by atoms with E-state index in [4.69, 9.17) is 14.7 Å². The molecule has 0 aliphatic heterocycles. The van der Waals surface area contributed by atoms with Crippen LogP contribution in [0, 0.1) is 0 Å². The summed E-state index contributed by atoms with van der Waals surface area (Å²) in [4.78, 5) is 11.9. The van der Waals surface area contributed by atoms with E-state index in [1.54, 1.807) is 24.3 Å². The number of benzene rings is 2. The van der Waals surface area contributed by atoms with E-state index in [1.807, 2.05) is 18.2 Å². The van der Waals surface area contributed by atoms with E-state index in [-0.39, 0.29) is 12.5 Å². The summed E-state index contributed by atoms with van der Waals surface area (Å²) in [5.74, 6) is 0.527. The maximum Gasteiger partial charge on any atom is 0.262 e. The zero-order chi connectivity index (χ0) is 16.7. The SMILES string of the molecule is COc1cc(/C=N\O)cc(Br)c1OCC(=O)Nc1ccccc1. The summed E-state index contributed by atoms with van der Waals surface area (Å²) in [5.41, 5.74) is 1.32. The van der Waals surface area contributed by atoms with Crippen LogP contribution in [-0.2, 0) is 4.79 Å². The molecule has 0 aromatic heterocycles. The number of para-hydroxylation sites is 1. The number of carbonyl (C=O) groups is 1. The average molecular weight is 379 g/mol. The Morgan fingerprint density at radius 3 is 2.74 bits per heavy atom. The molecule has 2 N–H and O–H groups in total. The third kappa shape index (κ3) is 4.72. The number of carbonyl (C=O) groups excluding carboxylic acids is 1. The topological polar surface area (TPSA) is 80.2 Å². The summed E-state index contributed by atoms with van der Waals surface area (Å²) in [5, 5.41) is 14.3. The quantitative estimate of drug-likeness (QED) is 0.459. The lowest BCUT2D eigenvalue weighted by Gasteiger charge is -2.13. The summed E-state index contributed by atoms with van der Waals surface area (Å²) in [6.45, 7) is -0.169. The van der Waals surface area contributed by atoms with Crippen LogP contribution in [0.15, 0.2) is 52.1 Å². The fourth-order valence-electron chi connectivity index (χ4n) is 1.88. The van der Waals surface area contributed by atoms with Crippen LogP contribution in [-0.4, -0.2) is 31.0 Å². The summed E-state index contributed by atoms with van der Waals surface area (Å²) in [7, 11) is 1.48. The highest BCUT2D eigenvalue weighted by atomic mass is 79.9. The van der Waals surface area contributed by atoms with Crippen molar-refractivity contribution in [2.45, 2.75) is 0 Å². The number of nitrogens with zero attached hydrogens (tertiary/aromatic N) is 1. The van der Waals surface area contributed by atoms with E-state index in [1.165, 1.54) is 13.3 Å². The van der Waals surface area contributed by atoms with E-state index in [0.717, 1.165) is 0 Å². The Kier molecular flexibility index (Phi) is 5.99. The highest BCUT2D eigenvalue weighted by Gasteiger charge is 2.13. The molecule has 2 aromatic rings. The van der Waals surface area contributed by atoms with Gasteiger partial charge in [0.15, 0.2) is 18.1 Å². The maximum absolute atomic E-state index is 11.9. The van der Waals surface area contributed by atoms with Crippen LogP contribution < -0.4 is 14.8 Å². The van der Waals surface area contributed by atoms with Crippen LogP contribution in [0.1, 0.15) is 5.56 Å². The van der Waals surface area contributed by atoms with Gasteiger partial charge in [-0.1, -0.05) is 23.4 Å². The van der Waals surface area contributed by atoms with Crippen LogP contribution in [0.4, 0.5) is 5.69 Å². The van der Waals surface area contributed by atoms with Gasteiger partial charge in [-0.3, -0.25) is 4.79 Å². The molecule has 2 rings (SSSR count). The first-order valence-electron chi connectivity index (χ1n) is 6.66. The van der Waals surface area contributed by atoms with Crippen LogP contribution in [0.3, 0.4) is 0 Å². The molecule has 6 nitrogen and oxygen atoms in total. The van der Waals surface area contributed by atoms with Gasteiger partial charge in [0.1, 0.15) is 0 Å². The third-order valence-electron chi connectivity index (χ3n) is 2.86. The minimum atomic E-state index is -0.286. The Bertz CT molecular complexity index is 705. The van der Waals surface area contributed by atoms with Crippen molar-refractivity contribution in [3.8, 4) is 11.5 Å². The molecule has 7 heteroatoms. The van der Waals surface area contributed by atoms with Crippen molar-refractivity contribution in [2.75, 3.05) is 19.0 Å². The molecule has 0 saturated heterocycles. The fourth-order valence-corrected chi connectivity index (χ4v) is 2.45. The fraction of sp³-hybridized carbons (Fsp3) is 0.125. The molecule has 120 valence electrons. The van der Waals surface area contributed by atoms with Gasteiger partial charge in [0.25, 0.3) is 5.91 Å². The number of anilines is 1. The molecule has 0 radical (unpaired) electrons. The predicted molar refractivity (Wildman–Crippen MR) is 90.6 cm³/mol.